The number of hydrogen-bond donors (Lipinski definition) is 1. The summed E-state index contributed by atoms with van der Waals surface area (Å²) >= 11 is 0. The molecule has 0 saturated carbocycles. The van der Waals surface area contributed by atoms with Crippen molar-refractivity contribution >= 4 is 23.6 Å². The molecule has 2 bridgehead atoms. The molecule has 7 nitrogen and oxygen atoms in total. The van der Waals surface area contributed by atoms with E-state index in [1.165, 1.54) is 4.90 Å². The van der Waals surface area contributed by atoms with Gasteiger partial charge >= 0.3 is 6.09 Å². The molecule has 0 aromatic heterocycles. The summed E-state index contributed by atoms with van der Waals surface area (Å²) in [5.74, 6) is -0.890. The van der Waals surface area contributed by atoms with E-state index in [-0.39, 0.29) is 49.0 Å². The van der Waals surface area contributed by atoms with Crippen LogP contribution in [0.3, 0.4) is 0 Å². The minimum atomic E-state index is -0.560. The van der Waals surface area contributed by atoms with Crippen LogP contribution in [0, 0.1) is 11.8 Å². The highest BCUT2D eigenvalue weighted by atomic mass is 16.5. The normalized spacial score (nSPS) is 26.3. The van der Waals surface area contributed by atoms with E-state index in [9.17, 15) is 14.4 Å². The van der Waals surface area contributed by atoms with E-state index in [0.29, 0.717) is 12.1 Å². The van der Waals surface area contributed by atoms with Crippen molar-refractivity contribution in [3.05, 3.63) is 54.6 Å². The second-order valence-corrected chi connectivity index (χ2v) is 8.23. The number of rotatable bonds is 6. The number of carbonyl (C=O) groups is 3. The van der Waals surface area contributed by atoms with E-state index in [1.54, 1.807) is 0 Å². The van der Waals surface area contributed by atoms with Crippen molar-refractivity contribution < 1.29 is 23.9 Å². The van der Waals surface area contributed by atoms with Gasteiger partial charge in [0, 0.05) is 12.2 Å². The van der Waals surface area contributed by atoms with Crippen molar-refractivity contribution in [3.8, 4) is 11.1 Å². The first-order valence-corrected chi connectivity index (χ1v) is 10.7. The monoisotopic (exact) mass is 420 g/mol. The zero-order valence-electron chi connectivity index (χ0n) is 17.0. The Hall–Kier alpha value is -3.19. The van der Waals surface area contributed by atoms with Crippen LogP contribution in [0.2, 0.25) is 0 Å². The maximum absolute atomic E-state index is 12.6. The number of ether oxygens (including phenoxy) is 2. The molecule has 0 radical (unpaired) electrons. The van der Waals surface area contributed by atoms with E-state index < -0.39 is 6.09 Å². The molecule has 0 aliphatic carbocycles. The molecule has 160 valence electrons. The summed E-state index contributed by atoms with van der Waals surface area (Å²) in [6, 6.07) is 17.5. The van der Waals surface area contributed by atoms with Gasteiger partial charge in [0.15, 0.2) is 0 Å². The van der Waals surface area contributed by atoms with Gasteiger partial charge in [-0.3, -0.25) is 19.8 Å². The lowest BCUT2D eigenvalue weighted by atomic mass is 9.81. The number of nitrogens with one attached hydrogen (secondary N) is 1. The van der Waals surface area contributed by atoms with E-state index in [0.717, 1.165) is 24.0 Å². The van der Waals surface area contributed by atoms with Crippen molar-refractivity contribution in [2.75, 3.05) is 18.5 Å². The lowest BCUT2D eigenvalue weighted by Crippen LogP contribution is -2.35. The average Bonchev–Trinajstić information content (AvgIpc) is 3.47. The summed E-state index contributed by atoms with van der Waals surface area (Å²) in [7, 11) is 0. The Labute approximate surface area is 180 Å². The molecule has 7 heteroatoms. The Morgan fingerprint density at radius 1 is 0.935 bits per heavy atom. The molecule has 1 N–H and O–H groups in total. The number of nitrogens with zero attached hydrogens (tertiary/aromatic N) is 1. The molecule has 3 amide bonds. The van der Waals surface area contributed by atoms with Gasteiger partial charge in [-0.25, -0.2) is 4.79 Å². The first-order valence-electron chi connectivity index (χ1n) is 10.7. The first kappa shape index (κ1) is 19.8. The number of amides is 3. The molecule has 4 atom stereocenters. The van der Waals surface area contributed by atoms with Gasteiger partial charge in [0.25, 0.3) is 0 Å². The molecule has 0 spiro atoms. The Morgan fingerprint density at radius 3 is 2.19 bits per heavy atom. The second-order valence-electron chi connectivity index (χ2n) is 8.23. The molecule has 3 saturated heterocycles. The van der Waals surface area contributed by atoms with E-state index >= 15 is 0 Å². The molecule has 3 aliphatic heterocycles. The van der Waals surface area contributed by atoms with E-state index in [1.807, 2.05) is 54.6 Å². The summed E-state index contributed by atoms with van der Waals surface area (Å²) in [6.45, 7) is 0.396. The minimum Gasteiger partial charge on any atom is -0.449 e. The Bertz CT molecular complexity index is 963. The van der Waals surface area contributed by atoms with Crippen LogP contribution >= 0.6 is 0 Å². The fraction of sp³-hybridized carbons (Fsp3) is 0.375. The van der Waals surface area contributed by atoms with Crippen molar-refractivity contribution in [2.24, 2.45) is 11.8 Å². The number of anilines is 1. The van der Waals surface area contributed by atoms with Gasteiger partial charge in [-0.05, 0) is 42.5 Å². The van der Waals surface area contributed by atoms with Gasteiger partial charge in [0.05, 0.1) is 30.7 Å². The van der Waals surface area contributed by atoms with Crippen molar-refractivity contribution in [3.63, 3.8) is 0 Å². The van der Waals surface area contributed by atoms with Crippen molar-refractivity contribution in [1.82, 2.24) is 4.90 Å². The number of benzene rings is 2. The van der Waals surface area contributed by atoms with E-state index in [2.05, 4.69) is 5.32 Å². The maximum atomic E-state index is 12.6. The Kier molecular flexibility index (Phi) is 5.19. The molecule has 3 aliphatic rings. The number of carbonyl (C=O) groups excluding carboxylic acids is 3. The van der Waals surface area contributed by atoms with Gasteiger partial charge in [0.1, 0.15) is 0 Å². The topological polar surface area (TPSA) is 84.9 Å². The first-order chi connectivity index (χ1) is 15.1. The SMILES string of the molecule is O=C(Nc1ccc(-c2ccccc2)cc1)OCCCN1C(=O)C2C3CCC(O3)C2C1=O. The van der Waals surface area contributed by atoms with Gasteiger partial charge in [-0.2, -0.15) is 0 Å². The van der Waals surface area contributed by atoms with Crippen LogP contribution < -0.4 is 5.32 Å². The highest BCUT2D eigenvalue weighted by molar-refractivity contribution is 6.06. The fourth-order valence-electron chi connectivity index (χ4n) is 4.91. The second kappa shape index (κ2) is 8.15. The third-order valence-corrected chi connectivity index (χ3v) is 6.37. The van der Waals surface area contributed by atoms with Crippen LogP contribution in [0.1, 0.15) is 19.3 Å². The molecular weight excluding hydrogens is 396 g/mol. The quantitative estimate of drug-likeness (QED) is 0.572. The summed E-state index contributed by atoms with van der Waals surface area (Å²) in [5.41, 5.74) is 2.80. The zero-order valence-corrected chi connectivity index (χ0v) is 17.0. The summed E-state index contributed by atoms with van der Waals surface area (Å²) in [4.78, 5) is 38.6. The van der Waals surface area contributed by atoms with Crippen LogP contribution in [0.4, 0.5) is 10.5 Å². The molecule has 4 unspecified atom stereocenters. The number of hydrogen-bond acceptors (Lipinski definition) is 5. The van der Waals surface area contributed by atoms with Crippen molar-refractivity contribution in [1.29, 1.82) is 0 Å². The predicted molar refractivity (Wildman–Crippen MR) is 113 cm³/mol. The molecule has 2 aromatic rings. The zero-order chi connectivity index (χ0) is 21.4. The highest BCUT2D eigenvalue weighted by Gasteiger charge is 2.62. The largest absolute Gasteiger partial charge is 0.449 e. The lowest BCUT2D eigenvalue weighted by Gasteiger charge is -2.17. The minimum absolute atomic E-state index is 0.105. The lowest BCUT2D eigenvalue weighted by molar-refractivity contribution is -0.142. The number of imide groups is 1. The third-order valence-electron chi connectivity index (χ3n) is 6.37. The molecule has 3 heterocycles. The van der Waals surface area contributed by atoms with Crippen molar-refractivity contribution in [2.45, 2.75) is 31.5 Å². The molecule has 2 aromatic carbocycles. The van der Waals surface area contributed by atoms with Crippen LogP contribution in [0.5, 0.6) is 0 Å². The maximum Gasteiger partial charge on any atom is 0.411 e. The molecular formula is C24H24N2O5. The van der Waals surface area contributed by atoms with Crippen LogP contribution in [-0.2, 0) is 19.1 Å². The number of likely N-dealkylation sites (tertiary alicyclic amines) is 1. The van der Waals surface area contributed by atoms with Gasteiger partial charge in [-0.15, -0.1) is 0 Å². The molecule has 31 heavy (non-hydrogen) atoms. The summed E-state index contributed by atoms with van der Waals surface area (Å²) < 4.78 is 10.9. The predicted octanol–water partition coefficient (Wildman–Crippen LogP) is 3.45. The molecule has 5 rings (SSSR count). The smallest absolute Gasteiger partial charge is 0.411 e. The standard InChI is InChI=1S/C24H24N2O5/c27-22-20-18-11-12-19(31-18)21(20)23(28)26(22)13-4-14-30-24(29)25-17-9-7-16(8-10-17)15-5-2-1-3-6-15/h1-3,5-10,18-21H,4,11-14H2,(H,25,29). The Balaban J connectivity index is 1.07. The van der Waals surface area contributed by atoms with Crippen LogP contribution in [0.25, 0.3) is 11.1 Å². The number of fused-ring (bicyclic) bond motifs is 5. The van der Waals surface area contributed by atoms with Crippen LogP contribution in [-0.4, -0.2) is 48.2 Å². The summed E-state index contributed by atoms with van der Waals surface area (Å²) in [5, 5.41) is 2.69. The highest BCUT2D eigenvalue weighted by Crippen LogP contribution is 2.48. The van der Waals surface area contributed by atoms with Gasteiger partial charge in [-0.1, -0.05) is 42.5 Å². The summed E-state index contributed by atoms with van der Waals surface area (Å²) in [6.07, 6.45) is 1.35. The van der Waals surface area contributed by atoms with Gasteiger partial charge < -0.3 is 9.47 Å². The Morgan fingerprint density at radius 2 is 1.55 bits per heavy atom. The van der Waals surface area contributed by atoms with E-state index in [4.69, 9.17) is 9.47 Å². The third kappa shape index (κ3) is 3.70. The molecule has 3 fully saturated rings. The van der Waals surface area contributed by atoms with Gasteiger partial charge in [0.2, 0.25) is 11.8 Å². The fourth-order valence-corrected chi connectivity index (χ4v) is 4.91. The van der Waals surface area contributed by atoms with Crippen LogP contribution in [0.15, 0.2) is 54.6 Å². The average molecular weight is 420 g/mol.